The van der Waals surface area contributed by atoms with Gasteiger partial charge in [0.05, 0.1) is 15.7 Å². The van der Waals surface area contributed by atoms with Gasteiger partial charge >= 0.3 is 0 Å². The molecule has 2 rings (SSSR count). The average Bonchev–Trinajstić information content (AvgIpc) is 2.49. The Balaban J connectivity index is 2.29. The summed E-state index contributed by atoms with van der Waals surface area (Å²) in [5.41, 5.74) is 1.71. The molecule has 0 radical (unpaired) electrons. The lowest BCUT2D eigenvalue weighted by molar-refractivity contribution is -0.384. The molecule has 1 aromatic rings. The largest absolute Gasteiger partial charge is 0.343 e. The van der Waals surface area contributed by atoms with Crippen LogP contribution >= 0.6 is 58.2 Å². The maximum absolute atomic E-state index is 10.7. The number of nitro benzene ring substituents is 1. The van der Waals surface area contributed by atoms with Gasteiger partial charge in [-0.1, -0.05) is 63.2 Å². The van der Waals surface area contributed by atoms with E-state index in [0.29, 0.717) is 11.6 Å². The van der Waals surface area contributed by atoms with E-state index in [2.05, 4.69) is 0 Å². The first kappa shape index (κ1) is 19.0. The molecule has 10 heteroatoms. The van der Waals surface area contributed by atoms with Crippen molar-refractivity contribution in [3.63, 3.8) is 0 Å². The van der Waals surface area contributed by atoms with Gasteiger partial charge in [-0.2, -0.15) is 0 Å². The first-order valence-corrected chi connectivity index (χ1v) is 12.5. The van der Waals surface area contributed by atoms with E-state index in [-0.39, 0.29) is 5.69 Å². The van der Waals surface area contributed by atoms with Gasteiger partial charge in [-0.3, -0.25) is 10.1 Å². The summed E-state index contributed by atoms with van der Waals surface area (Å²) < 4.78 is 0. The van der Waals surface area contributed by atoms with Crippen molar-refractivity contribution >= 4 is 63.9 Å². The second kappa shape index (κ2) is 8.67. The molecule has 0 saturated carbocycles. The molecule has 4 nitrogen and oxygen atoms in total. The Morgan fingerprint density at radius 3 is 2.22 bits per heavy atom. The number of nitro groups is 1. The summed E-state index contributed by atoms with van der Waals surface area (Å²) in [5, 5.41) is 11.3. The highest BCUT2D eigenvalue weighted by molar-refractivity contribution is 8.21. The van der Waals surface area contributed by atoms with Crippen molar-refractivity contribution in [1.82, 2.24) is 4.90 Å². The van der Waals surface area contributed by atoms with Gasteiger partial charge < -0.3 is 4.90 Å². The summed E-state index contributed by atoms with van der Waals surface area (Å²) in [7, 11) is 0. The Kier molecular flexibility index (Phi) is 7.16. The van der Waals surface area contributed by atoms with Gasteiger partial charge in [0, 0.05) is 24.9 Å². The summed E-state index contributed by atoms with van der Waals surface area (Å²) >= 11 is 24.2. The number of halogens is 4. The maximum atomic E-state index is 10.7. The molecule has 1 aliphatic rings. The molecular formula is C13H10Cl4N2O2P2. The van der Waals surface area contributed by atoms with Crippen LogP contribution in [-0.2, 0) is 6.54 Å². The molecule has 0 N–H and O–H groups in total. The fourth-order valence-electron chi connectivity index (χ4n) is 1.97. The molecule has 0 unspecified atom stereocenters. The molecule has 1 aromatic carbocycles. The first-order valence-electron chi connectivity index (χ1n) is 6.22. The van der Waals surface area contributed by atoms with Gasteiger partial charge in [-0.05, 0) is 17.7 Å². The van der Waals surface area contributed by atoms with E-state index >= 15 is 0 Å². The van der Waals surface area contributed by atoms with Crippen molar-refractivity contribution in [1.29, 1.82) is 0 Å². The van der Waals surface area contributed by atoms with E-state index in [1.54, 1.807) is 12.1 Å². The molecule has 0 amide bonds. The molecule has 122 valence electrons. The minimum absolute atomic E-state index is 0.0503. The van der Waals surface area contributed by atoms with Crippen molar-refractivity contribution in [3.8, 4) is 0 Å². The number of benzene rings is 1. The van der Waals surface area contributed by atoms with Crippen LogP contribution < -0.4 is 0 Å². The average molecular weight is 430 g/mol. The monoisotopic (exact) mass is 428 g/mol. The first-order chi connectivity index (χ1) is 10.9. The summed E-state index contributed by atoms with van der Waals surface area (Å²) in [6.45, 7) is -2.45. The van der Waals surface area contributed by atoms with E-state index in [0.717, 1.165) is 11.3 Å². The lowest BCUT2D eigenvalue weighted by Gasteiger charge is -2.27. The van der Waals surface area contributed by atoms with Gasteiger partial charge in [-0.25, -0.2) is 0 Å². The van der Waals surface area contributed by atoms with Crippen molar-refractivity contribution in [2.45, 2.75) is 6.54 Å². The highest BCUT2D eigenvalue weighted by Gasteiger charge is 2.24. The zero-order chi connectivity index (χ0) is 17.0. The third kappa shape index (κ3) is 5.06. The van der Waals surface area contributed by atoms with Crippen LogP contribution in [-0.4, -0.2) is 9.82 Å². The minimum Gasteiger partial charge on any atom is -0.343 e. The standard InChI is InChI=1S/C13H10Cl4N2O2P2/c14-22(15)13(23(16)17)12-3-1-2-8-18(12)9-10-4-6-11(7-5-10)19(20)21/h1-8H,9H2. The zero-order valence-electron chi connectivity index (χ0n) is 11.4. The normalized spacial score (nSPS) is 14.0. The molecule has 1 heterocycles. The summed E-state index contributed by atoms with van der Waals surface area (Å²) in [6.07, 6.45) is 7.42. The van der Waals surface area contributed by atoms with Gasteiger partial charge in [0.1, 0.15) is 13.3 Å². The minimum atomic E-state index is -1.47. The summed E-state index contributed by atoms with van der Waals surface area (Å²) in [6, 6.07) is 6.34. The SMILES string of the molecule is O=[N+]([O-])c1ccc(CN2C=CC=CC2=C(P(Cl)Cl)P(Cl)Cl)cc1. The molecule has 0 spiro atoms. The van der Waals surface area contributed by atoms with Gasteiger partial charge in [0.15, 0.2) is 0 Å². The molecule has 0 atom stereocenters. The van der Waals surface area contributed by atoms with Gasteiger partial charge in [-0.15, -0.1) is 0 Å². The predicted octanol–water partition coefficient (Wildman–Crippen LogP) is 7.23. The Labute approximate surface area is 155 Å². The van der Waals surface area contributed by atoms with E-state index < -0.39 is 18.2 Å². The number of hydrogen-bond donors (Lipinski definition) is 0. The number of non-ortho nitro benzene ring substituents is 1. The van der Waals surface area contributed by atoms with Crippen LogP contribution in [0.25, 0.3) is 0 Å². The van der Waals surface area contributed by atoms with Crippen LogP contribution in [0.2, 0.25) is 0 Å². The van der Waals surface area contributed by atoms with E-state index in [4.69, 9.17) is 45.0 Å². The van der Waals surface area contributed by atoms with Crippen LogP contribution in [0.4, 0.5) is 5.69 Å². The smallest absolute Gasteiger partial charge is 0.269 e. The van der Waals surface area contributed by atoms with E-state index in [9.17, 15) is 10.1 Å². The topological polar surface area (TPSA) is 46.4 Å². The molecule has 0 saturated heterocycles. The number of allylic oxidation sites excluding steroid dienone is 3. The van der Waals surface area contributed by atoms with Crippen molar-refractivity contribution in [2.75, 3.05) is 0 Å². The lowest BCUT2D eigenvalue weighted by atomic mass is 10.2. The molecular weight excluding hydrogens is 420 g/mol. The van der Waals surface area contributed by atoms with Crippen molar-refractivity contribution in [2.24, 2.45) is 0 Å². The molecule has 0 fully saturated rings. The summed E-state index contributed by atoms with van der Waals surface area (Å²) in [5.74, 6) is 0. The molecule has 1 aliphatic heterocycles. The van der Waals surface area contributed by atoms with E-state index in [1.807, 2.05) is 29.3 Å². The fraction of sp³-hybridized carbons (Fsp3) is 0.0769. The second-order valence-corrected chi connectivity index (χ2v) is 11.7. The zero-order valence-corrected chi connectivity index (χ0v) is 16.3. The third-order valence-corrected chi connectivity index (χ3v) is 8.73. The number of hydrogen-bond acceptors (Lipinski definition) is 3. The van der Waals surface area contributed by atoms with Crippen molar-refractivity contribution in [3.05, 3.63) is 75.1 Å². The Morgan fingerprint density at radius 2 is 1.70 bits per heavy atom. The summed E-state index contributed by atoms with van der Waals surface area (Å²) in [4.78, 5) is 12.2. The van der Waals surface area contributed by atoms with Crippen LogP contribution in [0, 0.1) is 10.1 Å². The van der Waals surface area contributed by atoms with Gasteiger partial charge in [0.2, 0.25) is 0 Å². The molecule has 23 heavy (non-hydrogen) atoms. The Hall–Kier alpha value is -0.340. The van der Waals surface area contributed by atoms with E-state index in [1.165, 1.54) is 12.1 Å². The van der Waals surface area contributed by atoms with Crippen LogP contribution in [0.1, 0.15) is 5.56 Å². The Bertz CT molecular complexity index is 665. The lowest BCUT2D eigenvalue weighted by Crippen LogP contribution is -2.17. The third-order valence-electron chi connectivity index (χ3n) is 2.99. The van der Waals surface area contributed by atoms with Crippen LogP contribution in [0.15, 0.2) is 59.4 Å². The maximum Gasteiger partial charge on any atom is 0.269 e. The van der Waals surface area contributed by atoms with Crippen molar-refractivity contribution < 1.29 is 4.92 Å². The number of rotatable bonds is 5. The number of nitrogens with zero attached hydrogens (tertiary/aromatic N) is 2. The predicted molar refractivity (Wildman–Crippen MR) is 101 cm³/mol. The quantitative estimate of drug-likeness (QED) is 0.281. The molecule has 0 aliphatic carbocycles. The molecule has 0 bridgehead atoms. The van der Waals surface area contributed by atoms with Gasteiger partial charge in [0.25, 0.3) is 5.69 Å². The van der Waals surface area contributed by atoms with Crippen LogP contribution in [0.5, 0.6) is 0 Å². The van der Waals surface area contributed by atoms with Crippen LogP contribution in [0.3, 0.4) is 0 Å². The Morgan fingerprint density at radius 1 is 1.09 bits per heavy atom. The molecule has 0 aromatic heterocycles. The highest BCUT2D eigenvalue weighted by atomic mass is 35.9. The highest BCUT2D eigenvalue weighted by Crippen LogP contribution is 2.73. The second-order valence-electron chi connectivity index (χ2n) is 4.43. The fourth-order valence-corrected chi connectivity index (χ4v) is 8.33.